The molecule has 6 heteroatoms. The SMILES string of the molecule is C=CCN(C(=O)c1sc(NCC)nc1N)C(C)C. The number of thiazole rings is 1. The van der Waals surface area contributed by atoms with Crippen LogP contribution in [0.3, 0.4) is 0 Å². The Morgan fingerprint density at radius 3 is 2.83 bits per heavy atom. The fourth-order valence-electron chi connectivity index (χ4n) is 1.51. The number of hydrogen-bond donors (Lipinski definition) is 2. The van der Waals surface area contributed by atoms with Crippen molar-refractivity contribution in [2.45, 2.75) is 26.8 Å². The minimum absolute atomic E-state index is 0.0935. The van der Waals surface area contributed by atoms with Gasteiger partial charge in [-0.3, -0.25) is 4.79 Å². The molecule has 0 aliphatic carbocycles. The average Bonchev–Trinajstić information content (AvgIpc) is 2.66. The molecule has 0 atom stereocenters. The minimum atomic E-state index is -0.0935. The van der Waals surface area contributed by atoms with Crippen LogP contribution in [0, 0.1) is 0 Å². The largest absolute Gasteiger partial charge is 0.382 e. The van der Waals surface area contributed by atoms with Crippen molar-refractivity contribution in [1.82, 2.24) is 9.88 Å². The lowest BCUT2D eigenvalue weighted by atomic mass is 10.3. The van der Waals surface area contributed by atoms with E-state index in [4.69, 9.17) is 5.73 Å². The summed E-state index contributed by atoms with van der Waals surface area (Å²) in [6, 6.07) is 0.0968. The molecule has 5 nitrogen and oxygen atoms in total. The second kappa shape index (κ2) is 6.39. The zero-order valence-electron chi connectivity index (χ0n) is 11.1. The van der Waals surface area contributed by atoms with Gasteiger partial charge in [0.1, 0.15) is 10.7 Å². The average molecular weight is 268 g/mol. The van der Waals surface area contributed by atoms with Crippen molar-refractivity contribution >= 4 is 28.2 Å². The number of aromatic nitrogens is 1. The van der Waals surface area contributed by atoms with Gasteiger partial charge < -0.3 is 16.0 Å². The summed E-state index contributed by atoms with van der Waals surface area (Å²) in [4.78, 5) is 18.7. The third-order valence-corrected chi connectivity index (χ3v) is 3.40. The van der Waals surface area contributed by atoms with Gasteiger partial charge in [-0.25, -0.2) is 4.98 Å². The van der Waals surface area contributed by atoms with Crippen LogP contribution in [-0.4, -0.2) is 34.9 Å². The molecule has 0 fully saturated rings. The van der Waals surface area contributed by atoms with E-state index in [0.29, 0.717) is 16.6 Å². The maximum absolute atomic E-state index is 12.4. The van der Waals surface area contributed by atoms with E-state index in [1.807, 2.05) is 20.8 Å². The molecule has 0 bridgehead atoms. The van der Waals surface area contributed by atoms with Crippen LogP contribution < -0.4 is 11.1 Å². The molecule has 0 saturated carbocycles. The number of rotatable bonds is 6. The van der Waals surface area contributed by atoms with Crippen molar-refractivity contribution < 1.29 is 4.79 Å². The topological polar surface area (TPSA) is 71.2 Å². The first-order valence-corrected chi connectivity index (χ1v) is 6.74. The molecule has 0 spiro atoms. The number of carbonyl (C=O) groups is 1. The van der Waals surface area contributed by atoms with Crippen molar-refractivity contribution in [3.8, 4) is 0 Å². The van der Waals surface area contributed by atoms with Crippen molar-refractivity contribution in [2.75, 3.05) is 24.1 Å². The maximum Gasteiger partial charge on any atom is 0.268 e. The number of amides is 1. The highest BCUT2D eigenvalue weighted by Gasteiger charge is 2.23. The first-order chi connectivity index (χ1) is 8.51. The number of nitrogens with two attached hydrogens (primary N) is 1. The molecular formula is C12H20N4OS. The molecule has 3 N–H and O–H groups in total. The van der Waals surface area contributed by atoms with Crippen molar-refractivity contribution in [1.29, 1.82) is 0 Å². The zero-order valence-corrected chi connectivity index (χ0v) is 11.9. The summed E-state index contributed by atoms with van der Waals surface area (Å²) >= 11 is 1.29. The molecule has 18 heavy (non-hydrogen) atoms. The van der Waals surface area contributed by atoms with Crippen LogP contribution in [0.1, 0.15) is 30.4 Å². The molecular weight excluding hydrogens is 248 g/mol. The fraction of sp³-hybridized carbons (Fsp3) is 0.500. The molecule has 0 aromatic carbocycles. The molecule has 1 amide bonds. The number of nitrogens with one attached hydrogen (secondary N) is 1. The molecule has 0 aliphatic rings. The third-order valence-electron chi connectivity index (χ3n) is 2.39. The van der Waals surface area contributed by atoms with Crippen LogP contribution in [0.25, 0.3) is 0 Å². The van der Waals surface area contributed by atoms with E-state index in [0.717, 1.165) is 6.54 Å². The van der Waals surface area contributed by atoms with Gasteiger partial charge in [-0.15, -0.1) is 6.58 Å². The first kappa shape index (κ1) is 14.5. The van der Waals surface area contributed by atoms with E-state index < -0.39 is 0 Å². The maximum atomic E-state index is 12.4. The van der Waals surface area contributed by atoms with Crippen LogP contribution in [0.4, 0.5) is 10.9 Å². The van der Waals surface area contributed by atoms with E-state index >= 15 is 0 Å². The lowest BCUT2D eigenvalue weighted by Gasteiger charge is -2.24. The Labute approximate surface area is 112 Å². The predicted molar refractivity (Wildman–Crippen MR) is 77.1 cm³/mol. The van der Waals surface area contributed by atoms with Gasteiger partial charge in [-0.05, 0) is 20.8 Å². The van der Waals surface area contributed by atoms with E-state index in [2.05, 4.69) is 16.9 Å². The van der Waals surface area contributed by atoms with Gasteiger partial charge in [-0.2, -0.15) is 0 Å². The Bertz CT molecular complexity index is 428. The summed E-state index contributed by atoms with van der Waals surface area (Å²) in [6.45, 7) is 10.8. The Morgan fingerprint density at radius 1 is 1.67 bits per heavy atom. The van der Waals surface area contributed by atoms with Gasteiger partial charge in [0.25, 0.3) is 5.91 Å². The third kappa shape index (κ3) is 3.22. The summed E-state index contributed by atoms with van der Waals surface area (Å²) in [6.07, 6.45) is 1.71. The van der Waals surface area contributed by atoms with Gasteiger partial charge in [-0.1, -0.05) is 17.4 Å². The molecule has 1 aromatic rings. The summed E-state index contributed by atoms with van der Waals surface area (Å²) in [7, 11) is 0. The Balaban J connectivity index is 2.97. The summed E-state index contributed by atoms with van der Waals surface area (Å²) < 4.78 is 0. The monoisotopic (exact) mass is 268 g/mol. The highest BCUT2D eigenvalue weighted by Crippen LogP contribution is 2.26. The molecule has 0 unspecified atom stereocenters. The lowest BCUT2D eigenvalue weighted by molar-refractivity contribution is 0.0734. The lowest BCUT2D eigenvalue weighted by Crippen LogP contribution is -2.36. The number of hydrogen-bond acceptors (Lipinski definition) is 5. The van der Waals surface area contributed by atoms with Gasteiger partial charge in [0.15, 0.2) is 5.13 Å². The van der Waals surface area contributed by atoms with Crippen molar-refractivity contribution in [3.63, 3.8) is 0 Å². The van der Waals surface area contributed by atoms with Gasteiger partial charge in [0, 0.05) is 19.1 Å². The number of nitrogens with zero attached hydrogens (tertiary/aromatic N) is 2. The molecule has 100 valence electrons. The molecule has 0 saturated heterocycles. The predicted octanol–water partition coefficient (Wildman–Crippen LogP) is 2.19. The fourth-order valence-corrected chi connectivity index (χ4v) is 2.42. The number of nitrogen functional groups attached to an aromatic ring is 1. The first-order valence-electron chi connectivity index (χ1n) is 5.93. The standard InChI is InChI=1S/C12H20N4OS/c1-5-7-16(8(3)4)11(17)9-10(13)15-12(18-9)14-6-2/h5,8H,1,6-7,13H2,2-4H3,(H,14,15). The molecule has 0 aliphatic heterocycles. The van der Waals surface area contributed by atoms with Crippen LogP contribution in [-0.2, 0) is 0 Å². The molecule has 1 heterocycles. The van der Waals surface area contributed by atoms with E-state index in [1.54, 1.807) is 11.0 Å². The molecule has 1 rings (SSSR count). The second-order valence-corrected chi connectivity index (χ2v) is 5.10. The van der Waals surface area contributed by atoms with Crippen LogP contribution >= 0.6 is 11.3 Å². The van der Waals surface area contributed by atoms with Crippen LogP contribution in [0.15, 0.2) is 12.7 Å². The van der Waals surface area contributed by atoms with Gasteiger partial charge in [0.05, 0.1) is 0 Å². The van der Waals surface area contributed by atoms with Crippen LogP contribution in [0.2, 0.25) is 0 Å². The number of carbonyl (C=O) groups excluding carboxylic acids is 1. The smallest absolute Gasteiger partial charge is 0.268 e. The van der Waals surface area contributed by atoms with E-state index in [9.17, 15) is 4.79 Å². The van der Waals surface area contributed by atoms with Crippen molar-refractivity contribution in [3.05, 3.63) is 17.5 Å². The van der Waals surface area contributed by atoms with Gasteiger partial charge >= 0.3 is 0 Å². The minimum Gasteiger partial charge on any atom is -0.382 e. The Hall–Kier alpha value is -1.56. The number of anilines is 2. The Morgan fingerprint density at radius 2 is 2.33 bits per heavy atom. The summed E-state index contributed by atoms with van der Waals surface area (Å²) in [5, 5.41) is 3.74. The summed E-state index contributed by atoms with van der Waals surface area (Å²) in [5.74, 6) is 0.194. The Kier molecular flexibility index (Phi) is 5.15. The van der Waals surface area contributed by atoms with E-state index in [1.165, 1.54) is 11.3 Å². The molecule has 1 aromatic heterocycles. The zero-order chi connectivity index (χ0) is 13.7. The molecule has 0 radical (unpaired) electrons. The normalized spacial score (nSPS) is 10.4. The highest BCUT2D eigenvalue weighted by molar-refractivity contribution is 7.18. The van der Waals surface area contributed by atoms with Gasteiger partial charge in [0.2, 0.25) is 0 Å². The highest BCUT2D eigenvalue weighted by atomic mass is 32.1. The van der Waals surface area contributed by atoms with E-state index in [-0.39, 0.29) is 17.8 Å². The quantitative estimate of drug-likeness (QED) is 0.776. The second-order valence-electron chi connectivity index (χ2n) is 4.10. The summed E-state index contributed by atoms with van der Waals surface area (Å²) in [5.41, 5.74) is 5.79. The van der Waals surface area contributed by atoms with Crippen LogP contribution in [0.5, 0.6) is 0 Å². The van der Waals surface area contributed by atoms with Crippen molar-refractivity contribution in [2.24, 2.45) is 0 Å².